The molecular formula is C23H22N2O4. The maximum absolute atomic E-state index is 13.6. The molecule has 6 nitrogen and oxygen atoms in total. The average molecular weight is 390 g/mol. The first-order chi connectivity index (χ1) is 13.8. The maximum Gasteiger partial charge on any atom is 0.240 e. The molecular weight excluding hydrogens is 368 g/mol. The summed E-state index contributed by atoms with van der Waals surface area (Å²) in [7, 11) is 0. The van der Waals surface area contributed by atoms with Gasteiger partial charge in [-0.05, 0) is 41.7 Å². The molecule has 1 aromatic carbocycles. The molecule has 2 saturated heterocycles. The Morgan fingerprint density at radius 2 is 1.76 bits per heavy atom. The molecule has 1 aromatic rings. The van der Waals surface area contributed by atoms with Crippen LogP contribution in [0.5, 0.6) is 0 Å². The summed E-state index contributed by atoms with van der Waals surface area (Å²) in [6.45, 7) is 4.09. The Morgan fingerprint density at radius 1 is 1.03 bits per heavy atom. The second-order valence-electron chi connectivity index (χ2n) is 8.99. The van der Waals surface area contributed by atoms with Crippen molar-refractivity contribution in [2.24, 2.45) is 17.3 Å². The minimum Gasteiger partial charge on any atom is -0.295 e. The molecule has 0 radical (unpaired) electrons. The van der Waals surface area contributed by atoms with E-state index in [0.29, 0.717) is 18.5 Å². The summed E-state index contributed by atoms with van der Waals surface area (Å²) in [5.74, 6) is -2.40. The minimum atomic E-state index is -1.00. The number of para-hydroxylation sites is 1. The highest BCUT2D eigenvalue weighted by atomic mass is 16.2. The van der Waals surface area contributed by atoms with E-state index in [0.717, 1.165) is 5.57 Å². The highest BCUT2D eigenvalue weighted by Crippen LogP contribution is 2.55. The molecule has 1 N–H and O–H groups in total. The zero-order valence-electron chi connectivity index (χ0n) is 16.3. The summed E-state index contributed by atoms with van der Waals surface area (Å²) in [6, 6.07) is 8.05. The predicted molar refractivity (Wildman–Crippen MR) is 106 cm³/mol. The van der Waals surface area contributed by atoms with Gasteiger partial charge < -0.3 is 0 Å². The summed E-state index contributed by atoms with van der Waals surface area (Å²) >= 11 is 0. The summed E-state index contributed by atoms with van der Waals surface area (Å²) in [5.41, 5.74) is -0.0405. The van der Waals surface area contributed by atoms with Crippen molar-refractivity contribution in [3.05, 3.63) is 54.1 Å². The third-order valence-electron chi connectivity index (χ3n) is 6.90. The molecule has 4 atom stereocenters. The topological polar surface area (TPSA) is 83.6 Å². The summed E-state index contributed by atoms with van der Waals surface area (Å²) < 4.78 is 0. The summed E-state index contributed by atoms with van der Waals surface area (Å²) in [6.07, 6.45) is 5.93. The second-order valence-corrected chi connectivity index (χ2v) is 8.99. The predicted octanol–water partition coefficient (Wildman–Crippen LogP) is 1.96. The highest BCUT2D eigenvalue weighted by molar-refractivity contribution is 6.25. The smallest absolute Gasteiger partial charge is 0.240 e. The van der Waals surface area contributed by atoms with Crippen molar-refractivity contribution in [2.45, 2.75) is 38.3 Å². The first-order valence-electron chi connectivity index (χ1n) is 9.95. The van der Waals surface area contributed by atoms with Crippen molar-refractivity contribution < 1.29 is 19.2 Å². The van der Waals surface area contributed by atoms with E-state index in [9.17, 15) is 19.2 Å². The molecule has 2 amide bonds. The molecule has 4 aliphatic rings. The van der Waals surface area contributed by atoms with Crippen LogP contribution in [0.2, 0.25) is 0 Å². The van der Waals surface area contributed by atoms with Crippen LogP contribution in [0.1, 0.15) is 26.7 Å². The van der Waals surface area contributed by atoms with Gasteiger partial charge in [0.15, 0.2) is 11.6 Å². The van der Waals surface area contributed by atoms with Crippen LogP contribution in [0.15, 0.2) is 54.1 Å². The van der Waals surface area contributed by atoms with Gasteiger partial charge in [0, 0.05) is 6.42 Å². The van der Waals surface area contributed by atoms with Gasteiger partial charge in [0.2, 0.25) is 11.8 Å². The largest absolute Gasteiger partial charge is 0.295 e. The van der Waals surface area contributed by atoms with E-state index in [4.69, 9.17) is 0 Å². The Bertz CT molecular complexity index is 1020. The molecule has 4 unspecified atom stereocenters. The lowest BCUT2D eigenvalue weighted by Gasteiger charge is -2.45. The van der Waals surface area contributed by atoms with Crippen LogP contribution in [0.4, 0.5) is 5.69 Å². The zero-order valence-corrected chi connectivity index (χ0v) is 16.3. The van der Waals surface area contributed by atoms with E-state index in [1.807, 2.05) is 19.9 Å². The number of amides is 2. The molecule has 3 heterocycles. The Balaban J connectivity index is 1.69. The van der Waals surface area contributed by atoms with Gasteiger partial charge in [-0.1, -0.05) is 38.1 Å². The highest BCUT2D eigenvalue weighted by Gasteiger charge is 2.69. The molecule has 0 spiro atoms. The van der Waals surface area contributed by atoms with Crippen molar-refractivity contribution in [1.82, 2.24) is 5.32 Å². The monoisotopic (exact) mass is 390 g/mol. The molecule has 3 aliphatic heterocycles. The van der Waals surface area contributed by atoms with Crippen molar-refractivity contribution >= 4 is 29.1 Å². The number of fused-ring (bicyclic) bond motifs is 5. The lowest BCUT2D eigenvalue weighted by molar-refractivity contribution is -0.126. The molecule has 0 saturated carbocycles. The third kappa shape index (κ3) is 2.32. The van der Waals surface area contributed by atoms with Gasteiger partial charge >= 0.3 is 0 Å². The van der Waals surface area contributed by atoms with E-state index in [2.05, 4.69) is 5.32 Å². The number of benzene rings is 1. The Labute approximate surface area is 168 Å². The number of nitrogens with one attached hydrogen (secondary N) is 1. The van der Waals surface area contributed by atoms with Crippen LogP contribution in [-0.4, -0.2) is 35.0 Å². The molecule has 148 valence electrons. The number of hydrogen-bond donors (Lipinski definition) is 1. The van der Waals surface area contributed by atoms with Crippen LogP contribution in [-0.2, 0) is 19.2 Å². The number of ketones is 2. The number of carbonyl (C=O) groups is 4. The Kier molecular flexibility index (Phi) is 3.65. The number of anilines is 1. The Hall–Kier alpha value is -2.86. The molecule has 5 rings (SSSR count). The zero-order chi connectivity index (χ0) is 20.6. The maximum atomic E-state index is 13.6. The van der Waals surface area contributed by atoms with Gasteiger partial charge in [0.1, 0.15) is 0 Å². The fourth-order valence-corrected chi connectivity index (χ4v) is 5.50. The van der Waals surface area contributed by atoms with Gasteiger partial charge in [-0.25, -0.2) is 4.90 Å². The van der Waals surface area contributed by atoms with Gasteiger partial charge in [0.25, 0.3) is 0 Å². The van der Waals surface area contributed by atoms with Crippen molar-refractivity contribution in [3.8, 4) is 0 Å². The van der Waals surface area contributed by atoms with E-state index >= 15 is 0 Å². The van der Waals surface area contributed by atoms with E-state index < -0.39 is 23.4 Å². The lowest BCUT2D eigenvalue weighted by Crippen LogP contribution is -2.57. The molecule has 0 aromatic heterocycles. The standard InChI is InChI=1S/C23H22N2O4/c1-22(2)10-8-14(26)12-16(22)23-11-9-15(27)19(24-23)17-18(23)21(29)25(20(17)28)13-6-4-3-5-7-13/h3-7,9,11-12,17-19,24H,8,10H2,1-2H3. The van der Waals surface area contributed by atoms with Crippen molar-refractivity contribution in [3.63, 3.8) is 0 Å². The SMILES string of the molecule is CC1(C)CCC(=O)C=C1C12C=CC(=O)C(N1)C1C(=O)N(c3ccccc3)C(=O)C12. The molecule has 6 heteroatoms. The van der Waals surface area contributed by atoms with E-state index in [1.165, 1.54) is 11.0 Å². The Morgan fingerprint density at radius 3 is 2.48 bits per heavy atom. The van der Waals surface area contributed by atoms with E-state index in [-0.39, 0.29) is 28.8 Å². The number of allylic oxidation sites excluding steroid dienone is 1. The molecule has 29 heavy (non-hydrogen) atoms. The lowest BCUT2D eigenvalue weighted by atomic mass is 9.63. The molecule has 1 aliphatic carbocycles. The fourth-order valence-electron chi connectivity index (χ4n) is 5.50. The van der Waals surface area contributed by atoms with Crippen LogP contribution in [0, 0.1) is 17.3 Å². The van der Waals surface area contributed by atoms with Crippen LogP contribution >= 0.6 is 0 Å². The van der Waals surface area contributed by atoms with Gasteiger partial charge in [0.05, 0.1) is 29.1 Å². The number of imide groups is 1. The van der Waals surface area contributed by atoms with Gasteiger partial charge in [-0.15, -0.1) is 0 Å². The summed E-state index contributed by atoms with van der Waals surface area (Å²) in [5, 5.41) is 3.31. The average Bonchev–Trinajstić information content (AvgIpc) is 3.13. The number of carbonyl (C=O) groups excluding carboxylic acids is 4. The van der Waals surface area contributed by atoms with Crippen LogP contribution in [0.25, 0.3) is 0 Å². The minimum absolute atomic E-state index is 0.0116. The number of nitrogens with zero attached hydrogens (tertiary/aromatic N) is 1. The van der Waals surface area contributed by atoms with Gasteiger partial charge in [-0.3, -0.25) is 24.5 Å². The normalized spacial score (nSPS) is 35.2. The van der Waals surface area contributed by atoms with E-state index in [1.54, 1.807) is 36.4 Å². The number of hydrogen-bond acceptors (Lipinski definition) is 5. The van der Waals surface area contributed by atoms with Gasteiger partial charge in [-0.2, -0.15) is 0 Å². The fraction of sp³-hybridized carbons (Fsp3) is 0.391. The molecule has 2 fully saturated rings. The van der Waals surface area contributed by atoms with Crippen molar-refractivity contribution in [1.29, 1.82) is 0 Å². The first-order valence-corrected chi connectivity index (χ1v) is 9.95. The quantitative estimate of drug-likeness (QED) is 0.781. The first kappa shape index (κ1) is 18.2. The molecule has 2 bridgehead atoms. The number of rotatable bonds is 2. The third-order valence-corrected chi connectivity index (χ3v) is 6.90. The second kappa shape index (κ2) is 5.83. The van der Waals surface area contributed by atoms with Crippen LogP contribution in [0.3, 0.4) is 0 Å². The van der Waals surface area contributed by atoms with Crippen LogP contribution < -0.4 is 10.2 Å². The van der Waals surface area contributed by atoms with Crippen molar-refractivity contribution in [2.75, 3.05) is 4.90 Å². The summed E-state index contributed by atoms with van der Waals surface area (Å²) in [4.78, 5) is 53.1.